The molecule has 0 unspecified atom stereocenters. The van der Waals surface area contributed by atoms with Crippen LogP contribution in [0.1, 0.15) is 27.2 Å². The summed E-state index contributed by atoms with van der Waals surface area (Å²) in [7, 11) is 0. The van der Waals surface area contributed by atoms with Crippen LogP contribution in [0.2, 0.25) is 0 Å². The van der Waals surface area contributed by atoms with Crippen LogP contribution in [0.25, 0.3) is 0 Å². The maximum Gasteiger partial charge on any atom is 0.325 e. The Kier molecular flexibility index (Phi) is 3.88. The highest BCUT2D eigenvalue weighted by Gasteiger charge is 2.16. The number of carbonyl (C=O) groups is 2. The van der Waals surface area contributed by atoms with Gasteiger partial charge in [-0.15, -0.1) is 0 Å². The molecule has 94 valence electrons. The average Bonchev–Trinajstić information content (AvgIpc) is 2.46. The molecule has 1 aromatic heterocycles. The predicted molar refractivity (Wildman–Crippen MR) is 62.6 cm³/mol. The fraction of sp³-hybridized carbons (Fsp3) is 0.545. The minimum absolute atomic E-state index is 0.0822. The minimum Gasteiger partial charge on any atom is -0.480 e. The monoisotopic (exact) mass is 239 g/mol. The third-order valence-electron chi connectivity index (χ3n) is 1.91. The van der Waals surface area contributed by atoms with Gasteiger partial charge in [0.15, 0.2) is 0 Å². The number of hydrogen-bond acceptors (Lipinski definition) is 3. The summed E-state index contributed by atoms with van der Waals surface area (Å²) in [6.07, 6.45) is 3.33. The molecule has 0 aliphatic rings. The number of aromatic nitrogens is 2. The summed E-state index contributed by atoms with van der Waals surface area (Å²) in [4.78, 5) is 22.0. The van der Waals surface area contributed by atoms with E-state index in [0.29, 0.717) is 12.1 Å². The second kappa shape index (κ2) is 4.99. The Bertz CT molecular complexity index is 418. The molecule has 0 saturated carbocycles. The zero-order chi connectivity index (χ0) is 13.1. The molecular formula is C11H17N3O3. The molecule has 0 aromatic carbocycles. The van der Waals surface area contributed by atoms with Crippen molar-refractivity contribution in [3.8, 4) is 0 Å². The first-order valence-electron chi connectivity index (χ1n) is 5.30. The lowest BCUT2D eigenvalue weighted by molar-refractivity contribution is -0.137. The van der Waals surface area contributed by atoms with E-state index in [1.54, 1.807) is 0 Å². The van der Waals surface area contributed by atoms with Crippen LogP contribution in [0.3, 0.4) is 0 Å². The lowest BCUT2D eigenvalue weighted by Crippen LogP contribution is -2.19. The number of anilines is 1. The van der Waals surface area contributed by atoms with Gasteiger partial charge in [0.05, 0.1) is 11.9 Å². The number of nitrogens with one attached hydrogen (secondary N) is 1. The molecule has 0 bridgehead atoms. The van der Waals surface area contributed by atoms with Gasteiger partial charge < -0.3 is 10.4 Å². The van der Waals surface area contributed by atoms with E-state index in [4.69, 9.17) is 5.11 Å². The van der Waals surface area contributed by atoms with Crippen molar-refractivity contribution in [1.29, 1.82) is 0 Å². The molecular weight excluding hydrogens is 222 g/mol. The van der Waals surface area contributed by atoms with Crippen LogP contribution in [0.4, 0.5) is 5.69 Å². The van der Waals surface area contributed by atoms with Gasteiger partial charge in [-0.1, -0.05) is 20.8 Å². The second-order valence-corrected chi connectivity index (χ2v) is 5.11. The van der Waals surface area contributed by atoms with Gasteiger partial charge in [-0.05, 0) is 5.41 Å². The maximum absolute atomic E-state index is 11.6. The van der Waals surface area contributed by atoms with Gasteiger partial charge in [0.1, 0.15) is 6.54 Å². The van der Waals surface area contributed by atoms with Crippen molar-refractivity contribution in [2.45, 2.75) is 33.7 Å². The normalized spacial score (nSPS) is 11.2. The van der Waals surface area contributed by atoms with Crippen LogP contribution in [0, 0.1) is 5.41 Å². The fourth-order valence-electron chi connectivity index (χ4n) is 1.34. The van der Waals surface area contributed by atoms with Crippen LogP contribution in [-0.4, -0.2) is 26.8 Å². The Balaban J connectivity index is 2.55. The Morgan fingerprint density at radius 2 is 2.12 bits per heavy atom. The van der Waals surface area contributed by atoms with Gasteiger partial charge in [0, 0.05) is 12.6 Å². The SMILES string of the molecule is CC(C)(C)CC(=O)Nc1cnn(CC(=O)O)c1. The quantitative estimate of drug-likeness (QED) is 0.830. The van der Waals surface area contributed by atoms with Crippen LogP contribution in [0.5, 0.6) is 0 Å². The van der Waals surface area contributed by atoms with Gasteiger partial charge in [0.2, 0.25) is 5.91 Å². The van der Waals surface area contributed by atoms with Gasteiger partial charge in [-0.25, -0.2) is 0 Å². The van der Waals surface area contributed by atoms with E-state index < -0.39 is 5.97 Å². The van der Waals surface area contributed by atoms with Crippen molar-refractivity contribution in [2.24, 2.45) is 5.41 Å². The van der Waals surface area contributed by atoms with E-state index in [-0.39, 0.29) is 17.9 Å². The lowest BCUT2D eigenvalue weighted by atomic mass is 9.92. The molecule has 2 N–H and O–H groups in total. The highest BCUT2D eigenvalue weighted by Crippen LogP contribution is 2.19. The van der Waals surface area contributed by atoms with E-state index in [2.05, 4.69) is 10.4 Å². The molecule has 0 radical (unpaired) electrons. The summed E-state index contributed by atoms with van der Waals surface area (Å²) in [6, 6.07) is 0. The van der Waals surface area contributed by atoms with Crippen molar-refractivity contribution in [1.82, 2.24) is 9.78 Å². The highest BCUT2D eigenvalue weighted by molar-refractivity contribution is 5.90. The van der Waals surface area contributed by atoms with Crippen LogP contribution < -0.4 is 5.32 Å². The maximum atomic E-state index is 11.6. The topological polar surface area (TPSA) is 84.2 Å². The first-order chi connectivity index (χ1) is 7.76. The fourth-order valence-corrected chi connectivity index (χ4v) is 1.34. The number of nitrogens with zero attached hydrogens (tertiary/aromatic N) is 2. The summed E-state index contributed by atoms with van der Waals surface area (Å²) in [5, 5.41) is 15.1. The van der Waals surface area contributed by atoms with Crippen LogP contribution >= 0.6 is 0 Å². The molecule has 0 aliphatic heterocycles. The average molecular weight is 239 g/mol. The third kappa shape index (κ3) is 5.14. The van der Waals surface area contributed by atoms with Crippen molar-refractivity contribution >= 4 is 17.6 Å². The summed E-state index contributed by atoms with van der Waals surface area (Å²) in [6.45, 7) is 5.70. The van der Waals surface area contributed by atoms with Crippen molar-refractivity contribution in [3.63, 3.8) is 0 Å². The molecule has 0 spiro atoms. The van der Waals surface area contributed by atoms with Gasteiger partial charge in [0.25, 0.3) is 0 Å². The molecule has 6 heteroatoms. The Labute approximate surface area is 99.6 Å². The number of rotatable bonds is 4. The highest BCUT2D eigenvalue weighted by atomic mass is 16.4. The third-order valence-corrected chi connectivity index (χ3v) is 1.91. The number of amides is 1. The first-order valence-corrected chi connectivity index (χ1v) is 5.30. The summed E-state index contributed by atoms with van der Waals surface area (Å²) in [5.41, 5.74) is 0.432. The van der Waals surface area contributed by atoms with Gasteiger partial charge in [-0.2, -0.15) is 5.10 Å². The van der Waals surface area contributed by atoms with Gasteiger partial charge in [-0.3, -0.25) is 14.3 Å². The van der Waals surface area contributed by atoms with E-state index in [1.807, 2.05) is 20.8 Å². The smallest absolute Gasteiger partial charge is 0.325 e. The molecule has 1 amide bonds. The lowest BCUT2D eigenvalue weighted by Gasteiger charge is -2.16. The number of carboxylic acid groups (broad SMARTS) is 1. The van der Waals surface area contributed by atoms with Crippen molar-refractivity contribution < 1.29 is 14.7 Å². The largest absolute Gasteiger partial charge is 0.480 e. The number of carbonyl (C=O) groups excluding carboxylic acids is 1. The zero-order valence-electron chi connectivity index (χ0n) is 10.2. The summed E-state index contributed by atoms with van der Waals surface area (Å²) in [5.74, 6) is -1.08. The molecule has 0 fully saturated rings. The Morgan fingerprint density at radius 3 is 2.65 bits per heavy atom. The first kappa shape index (κ1) is 13.2. The molecule has 1 rings (SSSR count). The molecule has 0 atom stereocenters. The molecule has 6 nitrogen and oxygen atoms in total. The van der Waals surface area contributed by atoms with Gasteiger partial charge >= 0.3 is 5.97 Å². The molecule has 0 saturated heterocycles. The van der Waals surface area contributed by atoms with E-state index in [0.717, 1.165) is 0 Å². The molecule has 0 aliphatic carbocycles. The van der Waals surface area contributed by atoms with E-state index >= 15 is 0 Å². The molecule has 1 heterocycles. The van der Waals surface area contributed by atoms with E-state index in [1.165, 1.54) is 17.1 Å². The van der Waals surface area contributed by atoms with Crippen LogP contribution in [-0.2, 0) is 16.1 Å². The zero-order valence-corrected chi connectivity index (χ0v) is 10.2. The predicted octanol–water partition coefficient (Wildman–Crippen LogP) is 1.34. The van der Waals surface area contributed by atoms with Crippen molar-refractivity contribution in [2.75, 3.05) is 5.32 Å². The molecule has 17 heavy (non-hydrogen) atoms. The van der Waals surface area contributed by atoms with E-state index in [9.17, 15) is 9.59 Å². The summed E-state index contributed by atoms with van der Waals surface area (Å²) >= 11 is 0. The molecule has 1 aromatic rings. The Morgan fingerprint density at radius 1 is 1.47 bits per heavy atom. The number of carboxylic acids is 1. The minimum atomic E-state index is -0.972. The number of hydrogen-bond donors (Lipinski definition) is 2. The standard InChI is InChI=1S/C11H17N3O3/c1-11(2,3)4-9(15)13-8-5-12-14(6-8)7-10(16)17/h5-6H,4,7H2,1-3H3,(H,13,15)(H,16,17). The van der Waals surface area contributed by atoms with Crippen LogP contribution in [0.15, 0.2) is 12.4 Å². The number of aliphatic carboxylic acids is 1. The summed E-state index contributed by atoms with van der Waals surface area (Å²) < 4.78 is 1.26. The Hall–Kier alpha value is -1.85. The second-order valence-electron chi connectivity index (χ2n) is 5.11. The van der Waals surface area contributed by atoms with Crippen molar-refractivity contribution in [3.05, 3.63) is 12.4 Å².